The molecule has 1 aliphatic rings. The molecule has 0 atom stereocenters. The van der Waals surface area contributed by atoms with Gasteiger partial charge in [0, 0.05) is 19.0 Å². The number of carbonyl (C=O) groups is 2. The Labute approximate surface area is 114 Å². The highest BCUT2D eigenvalue weighted by molar-refractivity contribution is 5.96. The van der Waals surface area contributed by atoms with Gasteiger partial charge in [-0.2, -0.15) is 0 Å². The smallest absolute Gasteiger partial charge is 0.259 e. The second-order valence-corrected chi connectivity index (χ2v) is 4.79. The maximum absolute atomic E-state index is 13.8. The highest BCUT2D eigenvalue weighted by atomic mass is 19.1. The van der Waals surface area contributed by atoms with Crippen LogP contribution in [-0.4, -0.2) is 29.8 Å². The van der Waals surface area contributed by atoms with E-state index in [4.69, 9.17) is 11.5 Å². The molecule has 4 N–H and O–H groups in total. The molecule has 5 nitrogen and oxygen atoms in total. The van der Waals surface area contributed by atoms with E-state index in [0.717, 1.165) is 12.1 Å². The average molecular weight is 283 g/mol. The van der Waals surface area contributed by atoms with Crippen molar-refractivity contribution in [3.05, 3.63) is 29.3 Å². The van der Waals surface area contributed by atoms with Crippen LogP contribution in [0.2, 0.25) is 0 Å². The first-order valence-corrected chi connectivity index (χ1v) is 6.24. The molecule has 1 fully saturated rings. The number of benzene rings is 1. The molecule has 0 aromatic heterocycles. The number of primary amides is 1. The number of nitrogens with zero attached hydrogens (tertiary/aromatic N) is 1. The monoisotopic (exact) mass is 283 g/mol. The minimum atomic E-state index is -1.05. The van der Waals surface area contributed by atoms with Gasteiger partial charge in [-0.1, -0.05) is 0 Å². The standard InChI is InChI=1S/C13H15F2N3O2/c14-8-1-2-9(16)11(15)10(8)13(20)18-5-3-7(4-6-18)12(17)19/h1-2,7H,3-6,16H2,(H2,17,19). The molecule has 1 heterocycles. The lowest BCUT2D eigenvalue weighted by atomic mass is 9.95. The van der Waals surface area contributed by atoms with Gasteiger partial charge in [-0.05, 0) is 25.0 Å². The fourth-order valence-electron chi connectivity index (χ4n) is 2.29. The second-order valence-electron chi connectivity index (χ2n) is 4.79. The van der Waals surface area contributed by atoms with Crippen molar-refractivity contribution >= 4 is 17.5 Å². The number of rotatable bonds is 2. The summed E-state index contributed by atoms with van der Waals surface area (Å²) in [5.74, 6) is -3.46. The molecule has 0 saturated carbocycles. The summed E-state index contributed by atoms with van der Waals surface area (Å²) in [5.41, 5.74) is 9.61. The van der Waals surface area contributed by atoms with Crippen LogP contribution in [-0.2, 0) is 4.79 Å². The molecule has 1 saturated heterocycles. The van der Waals surface area contributed by atoms with E-state index in [1.165, 1.54) is 4.90 Å². The molecular formula is C13H15F2N3O2. The number of hydrogen-bond donors (Lipinski definition) is 2. The molecule has 0 aliphatic carbocycles. The van der Waals surface area contributed by atoms with Crippen LogP contribution < -0.4 is 11.5 Å². The van der Waals surface area contributed by atoms with Crippen LogP contribution in [0, 0.1) is 17.6 Å². The van der Waals surface area contributed by atoms with Crippen LogP contribution in [0.15, 0.2) is 12.1 Å². The summed E-state index contributed by atoms with van der Waals surface area (Å²) < 4.78 is 27.4. The number of carbonyl (C=O) groups excluding carboxylic acids is 2. The Morgan fingerprint density at radius 2 is 1.80 bits per heavy atom. The SMILES string of the molecule is NC(=O)C1CCN(C(=O)c2c(F)ccc(N)c2F)CC1. The zero-order valence-corrected chi connectivity index (χ0v) is 10.7. The van der Waals surface area contributed by atoms with Crippen molar-refractivity contribution in [3.8, 4) is 0 Å². The van der Waals surface area contributed by atoms with Gasteiger partial charge in [-0.15, -0.1) is 0 Å². The molecule has 20 heavy (non-hydrogen) atoms. The molecule has 1 aliphatic heterocycles. The maximum atomic E-state index is 13.8. The lowest BCUT2D eigenvalue weighted by Gasteiger charge is -2.30. The third-order valence-corrected chi connectivity index (χ3v) is 3.52. The first-order valence-electron chi connectivity index (χ1n) is 6.24. The van der Waals surface area contributed by atoms with E-state index in [9.17, 15) is 18.4 Å². The van der Waals surface area contributed by atoms with Gasteiger partial charge in [0.1, 0.15) is 11.4 Å². The largest absolute Gasteiger partial charge is 0.396 e. The van der Waals surface area contributed by atoms with E-state index in [0.29, 0.717) is 12.8 Å². The second kappa shape index (κ2) is 5.44. The number of nitrogens with two attached hydrogens (primary N) is 2. The lowest BCUT2D eigenvalue weighted by molar-refractivity contribution is -0.123. The normalized spacial score (nSPS) is 16.2. The van der Waals surface area contributed by atoms with E-state index in [-0.39, 0.29) is 24.7 Å². The minimum Gasteiger partial charge on any atom is -0.396 e. The number of halogens is 2. The van der Waals surface area contributed by atoms with Gasteiger partial charge in [0.25, 0.3) is 5.91 Å². The first kappa shape index (κ1) is 14.2. The van der Waals surface area contributed by atoms with Gasteiger partial charge in [0.2, 0.25) is 5.91 Å². The predicted molar refractivity (Wildman–Crippen MR) is 68.6 cm³/mol. The number of likely N-dealkylation sites (tertiary alicyclic amines) is 1. The van der Waals surface area contributed by atoms with E-state index in [2.05, 4.69) is 0 Å². The zero-order valence-electron chi connectivity index (χ0n) is 10.7. The summed E-state index contributed by atoms with van der Waals surface area (Å²) in [6, 6.07) is 2.03. The highest BCUT2D eigenvalue weighted by Crippen LogP contribution is 2.23. The zero-order chi connectivity index (χ0) is 14.9. The third-order valence-electron chi connectivity index (χ3n) is 3.52. The molecule has 2 rings (SSSR count). The van der Waals surface area contributed by atoms with Crippen molar-refractivity contribution in [3.63, 3.8) is 0 Å². The lowest BCUT2D eigenvalue weighted by Crippen LogP contribution is -2.42. The van der Waals surface area contributed by atoms with Gasteiger partial charge in [-0.3, -0.25) is 9.59 Å². The van der Waals surface area contributed by atoms with E-state index in [1.807, 2.05) is 0 Å². The molecule has 0 unspecified atom stereocenters. The van der Waals surface area contributed by atoms with Gasteiger partial charge >= 0.3 is 0 Å². The maximum Gasteiger partial charge on any atom is 0.259 e. The van der Waals surface area contributed by atoms with Gasteiger partial charge in [0.05, 0.1) is 5.69 Å². The van der Waals surface area contributed by atoms with Crippen LogP contribution in [0.3, 0.4) is 0 Å². The Morgan fingerprint density at radius 3 is 2.35 bits per heavy atom. The van der Waals surface area contributed by atoms with E-state index < -0.39 is 29.0 Å². The van der Waals surface area contributed by atoms with Crippen molar-refractivity contribution in [1.82, 2.24) is 4.90 Å². The predicted octanol–water partition coefficient (Wildman–Crippen LogP) is 0.884. The van der Waals surface area contributed by atoms with Gasteiger partial charge in [-0.25, -0.2) is 8.78 Å². The highest BCUT2D eigenvalue weighted by Gasteiger charge is 2.29. The third kappa shape index (κ3) is 2.56. The van der Waals surface area contributed by atoms with Gasteiger partial charge in [0.15, 0.2) is 5.82 Å². The molecule has 0 spiro atoms. The van der Waals surface area contributed by atoms with E-state index >= 15 is 0 Å². The number of amides is 2. The van der Waals surface area contributed by atoms with Crippen LogP contribution in [0.25, 0.3) is 0 Å². The van der Waals surface area contributed by atoms with E-state index in [1.54, 1.807) is 0 Å². The minimum absolute atomic E-state index is 0.236. The molecule has 0 bridgehead atoms. The Kier molecular flexibility index (Phi) is 3.87. The number of nitrogen functional groups attached to an aromatic ring is 1. The summed E-state index contributed by atoms with van der Waals surface area (Å²) in [6.07, 6.45) is 0.791. The van der Waals surface area contributed by atoms with Crippen LogP contribution in [0.4, 0.5) is 14.5 Å². The summed E-state index contributed by atoms with van der Waals surface area (Å²) >= 11 is 0. The number of hydrogen-bond acceptors (Lipinski definition) is 3. The molecule has 7 heteroatoms. The number of anilines is 1. The van der Waals surface area contributed by atoms with Crippen LogP contribution in [0.1, 0.15) is 23.2 Å². The van der Waals surface area contributed by atoms with Crippen molar-refractivity contribution in [1.29, 1.82) is 0 Å². The quantitative estimate of drug-likeness (QED) is 0.790. The molecule has 1 aromatic carbocycles. The van der Waals surface area contributed by atoms with Crippen molar-refractivity contribution in [2.24, 2.45) is 11.7 Å². The fourth-order valence-corrected chi connectivity index (χ4v) is 2.29. The Morgan fingerprint density at radius 1 is 1.20 bits per heavy atom. The summed E-state index contributed by atoms with van der Waals surface area (Å²) in [6.45, 7) is 0.472. The Balaban J connectivity index is 2.18. The summed E-state index contributed by atoms with van der Waals surface area (Å²) in [5, 5.41) is 0. The van der Waals surface area contributed by atoms with Gasteiger partial charge < -0.3 is 16.4 Å². The molecular weight excluding hydrogens is 268 g/mol. The van der Waals surface area contributed by atoms with Crippen LogP contribution in [0.5, 0.6) is 0 Å². The van der Waals surface area contributed by atoms with Crippen LogP contribution >= 0.6 is 0 Å². The first-order chi connectivity index (χ1) is 9.41. The molecule has 1 aromatic rings. The molecule has 0 radical (unpaired) electrons. The average Bonchev–Trinajstić information content (AvgIpc) is 2.43. The van der Waals surface area contributed by atoms with Crippen molar-refractivity contribution < 1.29 is 18.4 Å². The van der Waals surface area contributed by atoms with Crippen molar-refractivity contribution in [2.45, 2.75) is 12.8 Å². The fraction of sp³-hybridized carbons (Fsp3) is 0.385. The molecule has 108 valence electrons. The summed E-state index contributed by atoms with van der Waals surface area (Å²) in [4.78, 5) is 24.5. The Bertz CT molecular complexity index is 555. The summed E-state index contributed by atoms with van der Waals surface area (Å²) in [7, 11) is 0. The Hall–Kier alpha value is -2.18. The van der Waals surface area contributed by atoms with Crippen molar-refractivity contribution in [2.75, 3.05) is 18.8 Å². The number of piperidine rings is 1. The molecule has 2 amide bonds. The topological polar surface area (TPSA) is 89.4 Å².